The number of benzene rings is 2. The van der Waals surface area contributed by atoms with Crippen LogP contribution in [0.2, 0.25) is 0 Å². The number of rotatable bonds is 1. The fraction of sp³-hybridized carbons (Fsp3) is 0. The van der Waals surface area contributed by atoms with Gasteiger partial charge in [-0.15, -0.1) is 0 Å². The van der Waals surface area contributed by atoms with E-state index in [0.717, 1.165) is 15.4 Å². The summed E-state index contributed by atoms with van der Waals surface area (Å²) in [5.41, 5.74) is 2.00. The van der Waals surface area contributed by atoms with Crippen molar-refractivity contribution in [3.8, 4) is 6.07 Å². The molecule has 4 heteroatoms. The van der Waals surface area contributed by atoms with Gasteiger partial charge in [0.05, 0.1) is 17.1 Å². The van der Waals surface area contributed by atoms with Crippen LogP contribution in [0.15, 0.2) is 59.2 Å². The largest absolute Gasteiger partial charge is 0.283 e. The average Bonchev–Trinajstić information content (AvgIpc) is 2.89. The molecule has 0 aliphatic rings. The lowest BCUT2D eigenvalue weighted by atomic mass is 10.1. The maximum Gasteiger partial charge on any atom is 0.262 e. The minimum absolute atomic E-state index is 0.0917. The zero-order valence-electron chi connectivity index (χ0n) is 10.4. The number of nitriles is 1. The van der Waals surface area contributed by atoms with Crippen molar-refractivity contribution in [1.82, 2.24) is 4.57 Å². The molecule has 0 unspecified atom stereocenters. The van der Waals surface area contributed by atoms with Crippen molar-refractivity contribution < 1.29 is 4.79 Å². The van der Waals surface area contributed by atoms with Gasteiger partial charge in [0.15, 0.2) is 0 Å². The van der Waals surface area contributed by atoms with E-state index in [1.54, 1.807) is 41.1 Å². The van der Waals surface area contributed by atoms with Gasteiger partial charge in [0.25, 0.3) is 5.91 Å². The van der Waals surface area contributed by atoms with Crippen LogP contribution in [0.5, 0.6) is 0 Å². The van der Waals surface area contributed by atoms with Crippen molar-refractivity contribution in [2.45, 2.75) is 0 Å². The van der Waals surface area contributed by atoms with Crippen LogP contribution in [0, 0.1) is 11.3 Å². The summed E-state index contributed by atoms with van der Waals surface area (Å²) in [5, 5.41) is 9.77. The van der Waals surface area contributed by atoms with Crippen LogP contribution in [0.1, 0.15) is 15.9 Å². The molecular weight excluding hydrogens is 316 g/mol. The number of carbonyl (C=O) groups is 1. The first-order valence-corrected chi connectivity index (χ1v) is 6.80. The molecule has 0 saturated heterocycles. The lowest BCUT2D eigenvalue weighted by Gasteiger charge is -2.05. The molecule has 0 aliphatic heterocycles. The Bertz CT molecular complexity index is 858. The normalized spacial score (nSPS) is 10.4. The zero-order valence-corrected chi connectivity index (χ0v) is 12.0. The molecule has 0 fully saturated rings. The van der Waals surface area contributed by atoms with Gasteiger partial charge in [-0.05, 0) is 42.5 Å². The van der Waals surface area contributed by atoms with Gasteiger partial charge >= 0.3 is 0 Å². The van der Waals surface area contributed by atoms with Crippen molar-refractivity contribution in [1.29, 1.82) is 5.26 Å². The van der Waals surface area contributed by atoms with Crippen LogP contribution >= 0.6 is 15.9 Å². The summed E-state index contributed by atoms with van der Waals surface area (Å²) in [6.45, 7) is 0. The number of hydrogen-bond donors (Lipinski definition) is 0. The molecule has 0 radical (unpaired) electrons. The minimum Gasteiger partial charge on any atom is -0.283 e. The topological polar surface area (TPSA) is 45.8 Å². The van der Waals surface area contributed by atoms with Crippen LogP contribution < -0.4 is 0 Å². The molecule has 3 rings (SSSR count). The molecule has 1 aromatic heterocycles. The van der Waals surface area contributed by atoms with E-state index in [1.807, 2.05) is 18.2 Å². The second-order valence-electron chi connectivity index (χ2n) is 4.39. The third-order valence-electron chi connectivity index (χ3n) is 3.11. The summed E-state index contributed by atoms with van der Waals surface area (Å²) in [7, 11) is 0. The molecule has 20 heavy (non-hydrogen) atoms. The van der Waals surface area contributed by atoms with Crippen LogP contribution in [-0.4, -0.2) is 10.5 Å². The van der Waals surface area contributed by atoms with Gasteiger partial charge in [0.1, 0.15) is 0 Å². The Morgan fingerprint density at radius 1 is 1.15 bits per heavy atom. The average molecular weight is 325 g/mol. The van der Waals surface area contributed by atoms with Gasteiger partial charge in [0.2, 0.25) is 0 Å². The Kier molecular flexibility index (Phi) is 3.13. The summed E-state index contributed by atoms with van der Waals surface area (Å²) in [6, 6.07) is 16.5. The first-order valence-electron chi connectivity index (χ1n) is 6.00. The lowest BCUT2D eigenvalue weighted by Crippen LogP contribution is -2.10. The standard InChI is InChI=1S/C16H9BrN2O/c17-14-3-1-2-13(9-14)16(20)19-7-6-12-8-11(10-18)4-5-15(12)19/h1-9H. The fourth-order valence-electron chi connectivity index (χ4n) is 2.15. The van der Waals surface area contributed by atoms with E-state index in [1.165, 1.54) is 0 Å². The summed E-state index contributed by atoms with van der Waals surface area (Å²) in [4.78, 5) is 12.5. The number of hydrogen-bond acceptors (Lipinski definition) is 2. The zero-order chi connectivity index (χ0) is 14.1. The predicted octanol–water partition coefficient (Wildman–Crippen LogP) is 3.96. The van der Waals surface area contributed by atoms with Gasteiger partial charge in [-0.3, -0.25) is 9.36 Å². The van der Waals surface area contributed by atoms with E-state index < -0.39 is 0 Å². The van der Waals surface area contributed by atoms with E-state index >= 15 is 0 Å². The fourth-order valence-corrected chi connectivity index (χ4v) is 2.55. The molecular formula is C16H9BrN2O. The molecule has 0 saturated carbocycles. The van der Waals surface area contributed by atoms with Crippen LogP contribution in [0.25, 0.3) is 10.9 Å². The highest BCUT2D eigenvalue weighted by atomic mass is 79.9. The number of nitrogens with zero attached hydrogens (tertiary/aromatic N) is 2. The lowest BCUT2D eigenvalue weighted by molar-refractivity contribution is 0.0965. The molecule has 96 valence electrons. The Balaban J connectivity index is 2.11. The summed E-state index contributed by atoms with van der Waals surface area (Å²) >= 11 is 3.36. The Morgan fingerprint density at radius 2 is 2.00 bits per heavy atom. The molecule has 1 heterocycles. The highest BCUT2D eigenvalue weighted by molar-refractivity contribution is 9.10. The maximum atomic E-state index is 12.5. The van der Waals surface area contributed by atoms with Crippen molar-refractivity contribution in [2.24, 2.45) is 0 Å². The summed E-state index contributed by atoms with van der Waals surface area (Å²) < 4.78 is 2.46. The number of halogens is 1. The van der Waals surface area contributed by atoms with Crippen molar-refractivity contribution >= 4 is 32.7 Å². The Hall–Kier alpha value is -2.38. The van der Waals surface area contributed by atoms with Gasteiger partial charge < -0.3 is 0 Å². The molecule has 0 atom stereocenters. The van der Waals surface area contributed by atoms with Crippen LogP contribution in [-0.2, 0) is 0 Å². The SMILES string of the molecule is N#Cc1ccc2c(ccn2C(=O)c2cccc(Br)c2)c1. The highest BCUT2D eigenvalue weighted by Gasteiger charge is 2.11. The number of aromatic nitrogens is 1. The molecule has 3 nitrogen and oxygen atoms in total. The second kappa shape index (κ2) is 4.95. The van der Waals surface area contributed by atoms with E-state index in [-0.39, 0.29) is 5.91 Å². The molecule has 0 amide bonds. The molecule has 3 aromatic rings. The first-order chi connectivity index (χ1) is 9.69. The molecule has 0 spiro atoms. The molecule has 0 aliphatic carbocycles. The Morgan fingerprint density at radius 3 is 2.75 bits per heavy atom. The quantitative estimate of drug-likeness (QED) is 0.680. The summed E-state index contributed by atoms with van der Waals surface area (Å²) in [5.74, 6) is -0.0917. The number of fused-ring (bicyclic) bond motifs is 1. The molecule has 0 bridgehead atoms. The first kappa shape index (κ1) is 12.6. The molecule has 2 aromatic carbocycles. The minimum atomic E-state index is -0.0917. The van der Waals surface area contributed by atoms with Gasteiger partial charge in [0, 0.05) is 21.6 Å². The predicted molar refractivity (Wildman–Crippen MR) is 80.5 cm³/mol. The third kappa shape index (κ3) is 2.13. The van der Waals surface area contributed by atoms with E-state index in [2.05, 4.69) is 22.0 Å². The smallest absolute Gasteiger partial charge is 0.262 e. The van der Waals surface area contributed by atoms with Crippen LogP contribution in [0.4, 0.5) is 0 Å². The summed E-state index contributed by atoms with van der Waals surface area (Å²) in [6.07, 6.45) is 1.73. The van der Waals surface area contributed by atoms with Gasteiger partial charge in [-0.25, -0.2) is 0 Å². The third-order valence-corrected chi connectivity index (χ3v) is 3.60. The van der Waals surface area contributed by atoms with Crippen molar-refractivity contribution in [2.75, 3.05) is 0 Å². The van der Waals surface area contributed by atoms with E-state index in [0.29, 0.717) is 11.1 Å². The number of carbonyl (C=O) groups excluding carboxylic acids is 1. The maximum absolute atomic E-state index is 12.5. The Labute approximate surface area is 124 Å². The van der Waals surface area contributed by atoms with Crippen molar-refractivity contribution in [3.05, 3.63) is 70.3 Å². The second-order valence-corrected chi connectivity index (χ2v) is 5.30. The van der Waals surface area contributed by atoms with Crippen molar-refractivity contribution in [3.63, 3.8) is 0 Å². The van der Waals surface area contributed by atoms with Gasteiger partial charge in [-0.1, -0.05) is 22.0 Å². The van der Waals surface area contributed by atoms with Crippen LogP contribution in [0.3, 0.4) is 0 Å². The molecule has 0 N–H and O–H groups in total. The monoisotopic (exact) mass is 324 g/mol. The van der Waals surface area contributed by atoms with Gasteiger partial charge in [-0.2, -0.15) is 5.26 Å². The van der Waals surface area contributed by atoms with E-state index in [9.17, 15) is 4.79 Å². The highest BCUT2D eigenvalue weighted by Crippen LogP contribution is 2.20. The van der Waals surface area contributed by atoms with E-state index in [4.69, 9.17) is 5.26 Å².